The van der Waals surface area contributed by atoms with Crippen LogP contribution in [0.4, 0.5) is 13.2 Å². The average molecular weight is 281 g/mol. The Morgan fingerprint density at radius 2 is 1.50 bits per heavy atom. The molecule has 0 radical (unpaired) electrons. The van der Waals surface area contributed by atoms with Crippen LogP contribution in [0.2, 0.25) is 0 Å². The molecule has 0 atom stereocenters. The van der Waals surface area contributed by atoms with Crippen molar-refractivity contribution >= 4 is 0 Å². The van der Waals surface area contributed by atoms with E-state index in [1.807, 2.05) is 0 Å². The maximum Gasteiger partial charge on any atom is 0.419 e. The minimum atomic E-state index is -4.45. The Hall–Kier alpha value is -2.01. The summed E-state index contributed by atoms with van der Waals surface area (Å²) in [4.78, 5) is 0. The maximum atomic E-state index is 12.9. The van der Waals surface area contributed by atoms with E-state index in [0.717, 1.165) is 11.6 Å². The van der Waals surface area contributed by atoms with E-state index in [0.29, 0.717) is 18.7 Å². The predicted octanol–water partition coefficient (Wildman–Crippen LogP) is 4.00. The first kappa shape index (κ1) is 14.4. The van der Waals surface area contributed by atoms with E-state index in [4.69, 9.17) is 10.5 Å². The molecule has 0 amide bonds. The molecule has 2 aromatic carbocycles. The van der Waals surface area contributed by atoms with Crippen LogP contribution in [0.5, 0.6) is 11.5 Å². The minimum absolute atomic E-state index is 0.204. The highest BCUT2D eigenvalue weighted by atomic mass is 19.4. The number of alkyl halides is 3. The molecule has 20 heavy (non-hydrogen) atoms. The molecule has 2 N–H and O–H groups in total. The van der Waals surface area contributed by atoms with E-state index in [1.165, 1.54) is 18.2 Å². The summed E-state index contributed by atoms with van der Waals surface area (Å²) in [5, 5.41) is 0. The molecular formula is C15H14F3NO. The Morgan fingerprint density at radius 3 is 2.15 bits per heavy atom. The van der Waals surface area contributed by atoms with Gasteiger partial charge in [-0.15, -0.1) is 0 Å². The van der Waals surface area contributed by atoms with E-state index in [-0.39, 0.29) is 5.75 Å². The molecule has 5 heteroatoms. The lowest BCUT2D eigenvalue weighted by molar-refractivity contribution is -0.138. The Kier molecular flexibility index (Phi) is 4.29. The molecule has 0 aromatic heterocycles. The fourth-order valence-electron chi connectivity index (χ4n) is 1.87. The van der Waals surface area contributed by atoms with Crippen molar-refractivity contribution in [1.82, 2.24) is 0 Å². The zero-order valence-electron chi connectivity index (χ0n) is 10.7. The number of benzene rings is 2. The molecule has 0 aliphatic rings. The molecule has 0 fully saturated rings. The molecule has 0 spiro atoms. The van der Waals surface area contributed by atoms with Gasteiger partial charge >= 0.3 is 6.18 Å². The number of nitrogens with two attached hydrogens (primary N) is 1. The average Bonchev–Trinajstić information content (AvgIpc) is 2.41. The van der Waals surface area contributed by atoms with Crippen LogP contribution in [0.3, 0.4) is 0 Å². The van der Waals surface area contributed by atoms with Gasteiger partial charge in [0.15, 0.2) is 0 Å². The molecule has 0 aliphatic heterocycles. The Morgan fingerprint density at radius 1 is 0.900 bits per heavy atom. The summed E-state index contributed by atoms with van der Waals surface area (Å²) in [5.41, 5.74) is 5.48. The van der Waals surface area contributed by atoms with Crippen molar-refractivity contribution in [2.24, 2.45) is 5.73 Å². The van der Waals surface area contributed by atoms with Crippen molar-refractivity contribution in [2.75, 3.05) is 6.54 Å². The second-order valence-corrected chi connectivity index (χ2v) is 4.24. The molecule has 106 valence electrons. The van der Waals surface area contributed by atoms with Gasteiger partial charge in [0.2, 0.25) is 0 Å². The number of ether oxygens (including phenoxy) is 1. The lowest BCUT2D eigenvalue weighted by Crippen LogP contribution is -2.08. The summed E-state index contributed by atoms with van der Waals surface area (Å²) in [5.74, 6) is 0.194. The van der Waals surface area contributed by atoms with Crippen LogP contribution in [-0.4, -0.2) is 6.54 Å². The van der Waals surface area contributed by atoms with Gasteiger partial charge in [0.1, 0.15) is 11.5 Å². The zero-order valence-corrected chi connectivity index (χ0v) is 10.7. The SMILES string of the molecule is NCCc1ccccc1Oc1ccccc1C(F)(F)F. The van der Waals surface area contributed by atoms with Gasteiger partial charge in [-0.2, -0.15) is 13.2 Å². The standard InChI is InChI=1S/C15H14F3NO/c16-15(17,18)12-6-2-4-8-14(12)20-13-7-3-1-5-11(13)9-10-19/h1-8H,9-10,19H2. The van der Waals surface area contributed by atoms with Crippen LogP contribution >= 0.6 is 0 Å². The Labute approximate surface area is 115 Å². The molecule has 0 unspecified atom stereocenters. The number of halogens is 3. The van der Waals surface area contributed by atoms with E-state index < -0.39 is 11.7 Å². The largest absolute Gasteiger partial charge is 0.456 e. The fraction of sp³-hybridized carbons (Fsp3) is 0.200. The smallest absolute Gasteiger partial charge is 0.419 e. The molecule has 2 nitrogen and oxygen atoms in total. The number of hydrogen-bond donors (Lipinski definition) is 1. The Balaban J connectivity index is 2.36. The summed E-state index contributed by atoms with van der Waals surface area (Å²) in [6.45, 7) is 0.404. The number of rotatable bonds is 4. The van der Waals surface area contributed by atoms with E-state index in [1.54, 1.807) is 24.3 Å². The molecule has 0 aliphatic carbocycles. The normalized spacial score (nSPS) is 11.4. The molecule has 2 aromatic rings. The highest BCUT2D eigenvalue weighted by molar-refractivity contribution is 5.42. The first-order valence-electron chi connectivity index (χ1n) is 6.14. The molecule has 0 saturated carbocycles. The fourth-order valence-corrected chi connectivity index (χ4v) is 1.87. The van der Waals surface area contributed by atoms with Crippen LogP contribution in [0.1, 0.15) is 11.1 Å². The molecule has 0 heterocycles. The van der Waals surface area contributed by atoms with Gasteiger partial charge < -0.3 is 10.5 Å². The van der Waals surface area contributed by atoms with Crippen molar-refractivity contribution < 1.29 is 17.9 Å². The second kappa shape index (κ2) is 5.96. The number of hydrogen-bond acceptors (Lipinski definition) is 2. The monoisotopic (exact) mass is 281 g/mol. The first-order chi connectivity index (χ1) is 9.52. The quantitative estimate of drug-likeness (QED) is 0.919. The third kappa shape index (κ3) is 3.30. The van der Waals surface area contributed by atoms with Crippen LogP contribution in [0, 0.1) is 0 Å². The van der Waals surface area contributed by atoms with Gasteiger partial charge in [0.05, 0.1) is 5.56 Å². The van der Waals surface area contributed by atoms with E-state index in [9.17, 15) is 13.2 Å². The lowest BCUT2D eigenvalue weighted by atomic mass is 10.1. The third-order valence-electron chi connectivity index (χ3n) is 2.80. The molecule has 0 bridgehead atoms. The van der Waals surface area contributed by atoms with Gasteiger partial charge in [0, 0.05) is 0 Å². The van der Waals surface area contributed by atoms with Crippen LogP contribution in [0.25, 0.3) is 0 Å². The maximum absolute atomic E-state index is 12.9. The lowest BCUT2D eigenvalue weighted by Gasteiger charge is -2.15. The molecular weight excluding hydrogens is 267 g/mol. The van der Waals surface area contributed by atoms with Gasteiger partial charge in [0.25, 0.3) is 0 Å². The summed E-state index contributed by atoms with van der Waals surface area (Å²) in [7, 11) is 0. The van der Waals surface area contributed by atoms with Crippen molar-refractivity contribution in [3.05, 3.63) is 59.7 Å². The van der Waals surface area contributed by atoms with E-state index >= 15 is 0 Å². The van der Waals surface area contributed by atoms with Crippen LogP contribution < -0.4 is 10.5 Å². The summed E-state index contributed by atoms with van der Waals surface area (Å²) in [6, 6.07) is 12.1. The van der Waals surface area contributed by atoms with Crippen LogP contribution in [-0.2, 0) is 12.6 Å². The van der Waals surface area contributed by atoms with Gasteiger partial charge in [-0.05, 0) is 36.7 Å². The molecule has 2 rings (SSSR count). The summed E-state index contributed by atoms with van der Waals surface area (Å²) < 4.78 is 44.1. The third-order valence-corrected chi connectivity index (χ3v) is 2.80. The van der Waals surface area contributed by atoms with E-state index in [2.05, 4.69) is 0 Å². The summed E-state index contributed by atoms with van der Waals surface area (Å²) in [6.07, 6.45) is -3.90. The van der Waals surface area contributed by atoms with Crippen molar-refractivity contribution in [3.8, 4) is 11.5 Å². The van der Waals surface area contributed by atoms with Crippen LogP contribution in [0.15, 0.2) is 48.5 Å². The van der Waals surface area contributed by atoms with Gasteiger partial charge in [-0.25, -0.2) is 0 Å². The minimum Gasteiger partial charge on any atom is -0.456 e. The summed E-state index contributed by atoms with van der Waals surface area (Å²) >= 11 is 0. The van der Waals surface area contributed by atoms with Crippen molar-refractivity contribution in [2.45, 2.75) is 12.6 Å². The van der Waals surface area contributed by atoms with Crippen molar-refractivity contribution in [1.29, 1.82) is 0 Å². The number of para-hydroxylation sites is 2. The van der Waals surface area contributed by atoms with Gasteiger partial charge in [-0.3, -0.25) is 0 Å². The first-order valence-corrected chi connectivity index (χ1v) is 6.14. The highest BCUT2D eigenvalue weighted by Gasteiger charge is 2.34. The second-order valence-electron chi connectivity index (χ2n) is 4.24. The Bertz CT molecular complexity index is 581. The molecule has 0 saturated heterocycles. The zero-order chi connectivity index (χ0) is 14.6. The van der Waals surface area contributed by atoms with Gasteiger partial charge in [-0.1, -0.05) is 30.3 Å². The highest BCUT2D eigenvalue weighted by Crippen LogP contribution is 2.38. The predicted molar refractivity (Wildman–Crippen MR) is 70.7 cm³/mol. The topological polar surface area (TPSA) is 35.2 Å². The van der Waals surface area contributed by atoms with Crippen molar-refractivity contribution in [3.63, 3.8) is 0 Å².